The Hall–Kier alpha value is -2.87. The fourth-order valence-corrected chi connectivity index (χ4v) is 4.73. The number of halogens is 3. The second-order valence-electron chi connectivity index (χ2n) is 8.49. The van der Waals surface area contributed by atoms with E-state index in [-0.39, 0.29) is 23.8 Å². The number of carbonyl (C=O) groups excluding carboxylic acids is 1. The van der Waals surface area contributed by atoms with E-state index in [1.807, 2.05) is 29.0 Å². The van der Waals surface area contributed by atoms with Gasteiger partial charge in [-0.1, -0.05) is 29.3 Å². The van der Waals surface area contributed by atoms with E-state index in [1.54, 1.807) is 30.5 Å². The molecule has 3 heterocycles. The SMILES string of the molecule is C[C@H]1C=C2N=CC(C(=O)N3CCC[C@H]3COc3ccc(F)cc3)=C(c3ccc(Cl)c(Cl)c3)N2N1. The molecule has 1 fully saturated rings. The molecule has 3 aliphatic rings. The number of hydrazine groups is 1. The molecule has 6 nitrogen and oxygen atoms in total. The summed E-state index contributed by atoms with van der Waals surface area (Å²) < 4.78 is 19.1. The molecule has 0 saturated carbocycles. The Bertz CT molecular complexity index is 1210. The highest BCUT2D eigenvalue weighted by atomic mass is 35.5. The van der Waals surface area contributed by atoms with Crippen molar-refractivity contribution in [3.63, 3.8) is 0 Å². The first-order valence-corrected chi connectivity index (χ1v) is 11.9. The van der Waals surface area contributed by atoms with Gasteiger partial charge in [0.2, 0.25) is 0 Å². The third-order valence-electron chi connectivity index (χ3n) is 6.08. The molecular formula is C25H23Cl2FN4O2. The van der Waals surface area contributed by atoms with Crippen molar-refractivity contribution in [2.45, 2.75) is 31.8 Å². The van der Waals surface area contributed by atoms with Crippen molar-refractivity contribution in [1.29, 1.82) is 0 Å². The Kier molecular flexibility index (Phi) is 6.34. The fourth-order valence-electron chi connectivity index (χ4n) is 4.44. The smallest absolute Gasteiger partial charge is 0.257 e. The third-order valence-corrected chi connectivity index (χ3v) is 6.82. The van der Waals surface area contributed by atoms with Gasteiger partial charge in [-0.3, -0.25) is 9.80 Å². The summed E-state index contributed by atoms with van der Waals surface area (Å²) >= 11 is 12.5. The summed E-state index contributed by atoms with van der Waals surface area (Å²) in [6.07, 6.45) is 5.31. The first-order valence-electron chi connectivity index (χ1n) is 11.1. The number of likely N-dealkylation sites (tertiary alicyclic amines) is 1. The van der Waals surface area contributed by atoms with E-state index in [9.17, 15) is 9.18 Å². The van der Waals surface area contributed by atoms with Crippen LogP contribution in [0.3, 0.4) is 0 Å². The Morgan fingerprint density at radius 3 is 2.76 bits per heavy atom. The van der Waals surface area contributed by atoms with Crippen molar-refractivity contribution < 1.29 is 13.9 Å². The van der Waals surface area contributed by atoms with Gasteiger partial charge in [-0.15, -0.1) is 0 Å². The number of hydrogen-bond acceptors (Lipinski definition) is 5. The average Bonchev–Trinajstić information content (AvgIpc) is 3.45. The highest BCUT2D eigenvalue weighted by Gasteiger charge is 2.36. The molecular weight excluding hydrogens is 478 g/mol. The molecule has 9 heteroatoms. The van der Waals surface area contributed by atoms with Gasteiger partial charge in [0.25, 0.3) is 5.91 Å². The van der Waals surface area contributed by atoms with Crippen molar-refractivity contribution >= 4 is 41.0 Å². The fraction of sp³-hybridized carbons (Fsp3) is 0.280. The zero-order valence-electron chi connectivity index (χ0n) is 18.5. The molecule has 2 atom stereocenters. The van der Waals surface area contributed by atoms with Crippen LogP contribution in [0, 0.1) is 5.82 Å². The maximum atomic E-state index is 13.8. The maximum absolute atomic E-state index is 13.8. The van der Waals surface area contributed by atoms with Crippen molar-refractivity contribution in [2.24, 2.45) is 4.99 Å². The molecule has 0 bridgehead atoms. The molecule has 2 aromatic carbocycles. The summed E-state index contributed by atoms with van der Waals surface area (Å²) in [5, 5.41) is 2.68. The van der Waals surface area contributed by atoms with Gasteiger partial charge >= 0.3 is 0 Å². The molecule has 34 heavy (non-hydrogen) atoms. The van der Waals surface area contributed by atoms with E-state index < -0.39 is 0 Å². The van der Waals surface area contributed by atoms with Gasteiger partial charge in [0, 0.05) is 24.4 Å². The summed E-state index contributed by atoms with van der Waals surface area (Å²) in [5.41, 5.74) is 5.25. The van der Waals surface area contributed by atoms with Crippen molar-refractivity contribution in [3.8, 4) is 5.75 Å². The Morgan fingerprint density at radius 1 is 1.21 bits per heavy atom. The van der Waals surface area contributed by atoms with Crippen LogP contribution >= 0.6 is 23.2 Å². The Morgan fingerprint density at radius 2 is 2.00 bits per heavy atom. The number of amides is 1. The zero-order chi connectivity index (χ0) is 23.8. The van der Waals surface area contributed by atoms with Crippen LogP contribution in [0.4, 0.5) is 4.39 Å². The minimum Gasteiger partial charge on any atom is -0.491 e. The Balaban J connectivity index is 1.45. The van der Waals surface area contributed by atoms with Gasteiger partial charge in [0.1, 0.15) is 24.0 Å². The van der Waals surface area contributed by atoms with Crippen LogP contribution in [0.25, 0.3) is 5.70 Å². The normalized spacial score (nSPS) is 21.7. The molecule has 1 N–H and O–H groups in total. The van der Waals surface area contributed by atoms with E-state index in [1.165, 1.54) is 12.1 Å². The lowest BCUT2D eigenvalue weighted by Gasteiger charge is -2.32. The molecule has 0 unspecified atom stereocenters. The third kappa shape index (κ3) is 4.43. The molecule has 0 aromatic heterocycles. The van der Waals surface area contributed by atoms with Crippen LogP contribution in [0.15, 0.2) is 64.9 Å². The predicted octanol–water partition coefficient (Wildman–Crippen LogP) is 5.05. The van der Waals surface area contributed by atoms with Gasteiger partial charge in [-0.2, -0.15) is 0 Å². The number of benzene rings is 2. The van der Waals surface area contributed by atoms with Crippen LogP contribution in [0.1, 0.15) is 25.3 Å². The van der Waals surface area contributed by atoms with Crippen molar-refractivity contribution in [3.05, 3.63) is 81.4 Å². The highest BCUT2D eigenvalue weighted by Crippen LogP contribution is 2.36. The Labute approximate surface area is 207 Å². The number of nitrogens with zero attached hydrogens (tertiary/aromatic N) is 3. The monoisotopic (exact) mass is 500 g/mol. The molecule has 0 radical (unpaired) electrons. The first kappa shape index (κ1) is 22.9. The molecule has 5 rings (SSSR count). The van der Waals surface area contributed by atoms with Gasteiger partial charge in [0.15, 0.2) is 0 Å². The predicted molar refractivity (Wildman–Crippen MR) is 131 cm³/mol. The van der Waals surface area contributed by atoms with E-state index in [0.29, 0.717) is 40.2 Å². The summed E-state index contributed by atoms with van der Waals surface area (Å²) in [6.45, 7) is 2.96. The van der Waals surface area contributed by atoms with Gasteiger partial charge < -0.3 is 9.64 Å². The van der Waals surface area contributed by atoms with Crippen LogP contribution in [-0.2, 0) is 4.79 Å². The minimum absolute atomic E-state index is 0.0584. The van der Waals surface area contributed by atoms with E-state index in [2.05, 4.69) is 10.4 Å². The lowest BCUT2D eigenvalue weighted by Crippen LogP contribution is -2.43. The number of fused-ring (bicyclic) bond motifs is 1. The van der Waals surface area contributed by atoms with Crippen molar-refractivity contribution in [2.75, 3.05) is 13.2 Å². The summed E-state index contributed by atoms with van der Waals surface area (Å²) in [7, 11) is 0. The summed E-state index contributed by atoms with van der Waals surface area (Å²) in [5.74, 6) is 0.848. The summed E-state index contributed by atoms with van der Waals surface area (Å²) in [6, 6.07) is 11.2. The molecule has 3 aliphatic heterocycles. The quantitative estimate of drug-likeness (QED) is 0.624. The number of nitrogens with one attached hydrogen (secondary N) is 1. The number of rotatable bonds is 5. The summed E-state index contributed by atoms with van der Waals surface area (Å²) in [4.78, 5) is 20.2. The zero-order valence-corrected chi connectivity index (χ0v) is 20.0. The molecule has 0 spiro atoms. The van der Waals surface area contributed by atoms with E-state index in [4.69, 9.17) is 27.9 Å². The molecule has 1 saturated heterocycles. The molecule has 176 valence electrons. The number of ether oxygens (including phenoxy) is 1. The lowest BCUT2D eigenvalue weighted by molar-refractivity contribution is -0.127. The largest absolute Gasteiger partial charge is 0.491 e. The van der Waals surface area contributed by atoms with Crippen molar-refractivity contribution in [1.82, 2.24) is 15.3 Å². The number of aliphatic imine (C=N–C) groups is 1. The van der Waals surface area contributed by atoms with Crippen LogP contribution < -0.4 is 10.2 Å². The van der Waals surface area contributed by atoms with Gasteiger partial charge in [0.05, 0.1) is 27.4 Å². The minimum atomic E-state index is -0.318. The van der Waals surface area contributed by atoms with Crippen LogP contribution in [0.2, 0.25) is 10.0 Å². The van der Waals surface area contributed by atoms with E-state index >= 15 is 0 Å². The number of hydrogen-bond donors (Lipinski definition) is 1. The highest BCUT2D eigenvalue weighted by molar-refractivity contribution is 6.42. The van der Waals surface area contributed by atoms with Gasteiger partial charge in [-0.05, 0) is 62.2 Å². The second-order valence-corrected chi connectivity index (χ2v) is 9.30. The topological polar surface area (TPSA) is 57.2 Å². The lowest BCUT2D eigenvalue weighted by atomic mass is 10.0. The standard InChI is InChI=1S/C25H23Cl2FN4O2/c1-15-11-23-29-13-20(24(32(23)30-15)16-4-9-21(26)22(27)12-16)25(33)31-10-2-3-18(31)14-34-19-7-5-17(28)6-8-19/h4-9,11-13,15,18,30H,2-3,10,14H2,1H3/t15-,18-/m0/s1. The number of carbonyl (C=O) groups is 1. The van der Waals surface area contributed by atoms with Crippen LogP contribution in [0.5, 0.6) is 5.75 Å². The second kappa shape index (κ2) is 9.41. The molecule has 0 aliphatic carbocycles. The van der Waals surface area contributed by atoms with Crippen LogP contribution in [-0.4, -0.2) is 47.3 Å². The van der Waals surface area contributed by atoms with Gasteiger partial charge in [-0.25, -0.2) is 14.8 Å². The average molecular weight is 501 g/mol. The maximum Gasteiger partial charge on any atom is 0.257 e. The molecule has 2 aromatic rings. The van der Waals surface area contributed by atoms with E-state index in [0.717, 1.165) is 24.2 Å². The molecule has 1 amide bonds. The first-order chi connectivity index (χ1) is 16.4.